The van der Waals surface area contributed by atoms with Crippen molar-refractivity contribution in [3.63, 3.8) is 0 Å². The van der Waals surface area contributed by atoms with Crippen LogP contribution in [-0.2, 0) is 0 Å². The van der Waals surface area contributed by atoms with Gasteiger partial charge in [0.15, 0.2) is 0 Å². The van der Waals surface area contributed by atoms with E-state index in [0.29, 0.717) is 0 Å². The summed E-state index contributed by atoms with van der Waals surface area (Å²) in [5.41, 5.74) is 20.8. The van der Waals surface area contributed by atoms with Crippen molar-refractivity contribution in [3.05, 3.63) is 206 Å². The van der Waals surface area contributed by atoms with Crippen molar-refractivity contribution >= 4 is 38.8 Å². The van der Waals surface area contributed by atoms with Crippen LogP contribution in [-0.4, -0.2) is 4.57 Å². The number of nitrogens with zero attached hydrogens (tertiary/aromatic N) is 1. The van der Waals surface area contributed by atoms with Gasteiger partial charge in [0.25, 0.3) is 0 Å². The number of hydrogen-bond donors (Lipinski definition) is 1. The average Bonchev–Trinajstić information content (AvgIpc) is 3.55. The summed E-state index contributed by atoms with van der Waals surface area (Å²) < 4.78 is 2.52. The first-order valence-electron chi connectivity index (χ1n) is 19.6. The molecule has 2 heterocycles. The number of hydrogen-bond acceptors (Lipinski definition) is 1. The Balaban J connectivity index is 1.06. The van der Waals surface area contributed by atoms with Crippen molar-refractivity contribution in [2.24, 2.45) is 0 Å². The topological polar surface area (TPSA) is 17.0 Å². The van der Waals surface area contributed by atoms with Gasteiger partial charge in [-0.2, -0.15) is 0 Å². The molecule has 0 saturated carbocycles. The Bertz CT molecular complexity index is 3050. The molecule has 0 atom stereocenters. The van der Waals surface area contributed by atoms with Crippen LogP contribution in [0.3, 0.4) is 0 Å². The Morgan fingerprint density at radius 2 is 1.12 bits per heavy atom. The quantitative estimate of drug-likeness (QED) is 0.181. The van der Waals surface area contributed by atoms with Crippen LogP contribution in [0.5, 0.6) is 0 Å². The fraction of sp³-hybridized carbons (Fsp3) is 0.0370. The van der Waals surface area contributed by atoms with Crippen LogP contribution >= 0.6 is 0 Å². The molecule has 0 saturated heterocycles. The van der Waals surface area contributed by atoms with Gasteiger partial charge in [0, 0.05) is 38.8 Å². The number of anilines is 2. The molecule has 2 aliphatic rings. The minimum atomic E-state index is 1.06. The summed E-state index contributed by atoms with van der Waals surface area (Å²) in [4.78, 5) is 0. The first kappa shape index (κ1) is 32.3. The van der Waals surface area contributed by atoms with Crippen LogP contribution in [0.15, 0.2) is 200 Å². The maximum absolute atomic E-state index is 3.76. The molecule has 56 heavy (non-hydrogen) atoms. The Morgan fingerprint density at radius 1 is 0.429 bits per heavy atom. The van der Waals surface area contributed by atoms with Crippen molar-refractivity contribution in [1.82, 2.24) is 4.57 Å². The standard InChI is InChI=1S/C54H38N2/c1-3-15-36(16-4-1)39-20-14-22-43(32-39)55-51-27-11-9-23-44(51)41-21-13-19-38(31-41)42-34-49-46-25-8-7-24-45(46)48-33-40(37-17-5-2-6-18-37)29-30-53(48)56-52-28-12-10-26-47(52)50(35-42)54(49)56/h1-5,7-17,19-35,55H,6,18H2. The number of allylic oxidation sites excluding steroid dienone is 4. The SMILES string of the molecule is C1=CCCC(c2ccc3c(c2)-c2ccccc2-c2cc(-c4cccc(-c5ccccc5Nc5cccc(-c6ccccc6)c5)c4)cc4c5ccccc5n-3c24)=C1. The molecule has 0 radical (unpaired) electrons. The first-order valence-corrected chi connectivity index (χ1v) is 19.6. The highest BCUT2D eigenvalue weighted by molar-refractivity contribution is 6.17. The van der Waals surface area contributed by atoms with E-state index in [0.717, 1.165) is 29.8 Å². The highest BCUT2D eigenvalue weighted by Crippen LogP contribution is 2.49. The maximum Gasteiger partial charge on any atom is 0.0620 e. The minimum Gasteiger partial charge on any atom is -0.355 e. The molecule has 2 heteroatoms. The lowest BCUT2D eigenvalue weighted by Gasteiger charge is -2.16. The van der Waals surface area contributed by atoms with Crippen LogP contribution in [0.1, 0.15) is 18.4 Å². The predicted molar refractivity (Wildman–Crippen MR) is 238 cm³/mol. The highest BCUT2D eigenvalue weighted by Gasteiger charge is 2.26. The predicted octanol–water partition coefficient (Wildman–Crippen LogP) is 14.9. The van der Waals surface area contributed by atoms with Gasteiger partial charge in [0.1, 0.15) is 0 Å². The second-order valence-electron chi connectivity index (χ2n) is 14.9. The van der Waals surface area contributed by atoms with Gasteiger partial charge in [-0.1, -0.05) is 146 Å². The van der Waals surface area contributed by atoms with Crippen LogP contribution in [0.4, 0.5) is 11.4 Å². The molecular weight excluding hydrogens is 677 g/mol. The second-order valence-corrected chi connectivity index (χ2v) is 14.9. The van der Waals surface area contributed by atoms with E-state index in [9.17, 15) is 0 Å². The molecule has 1 aromatic heterocycles. The zero-order chi connectivity index (χ0) is 37.0. The van der Waals surface area contributed by atoms with E-state index in [1.807, 2.05) is 0 Å². The number of para-hydroxylation sites is 2. The smallest absolute Gasteiger partial charge is 0.0620 e. The Hall–Kier alpha value is -7.16. The van der Waals surface area contributed by atoms with Crippen LogP contribution in [0.2, 0.25) is 0 Å². The normalized spacial score (nSPS) is 12.9. The number of rotatable bonds is 6. The molecule has 2 nitrogen and oxygen atoms in total. The van der Waals surface area contributed by atoms with Crippen molar-refractivity contribution < 1.29 is 0 Å². The monoisotopic (exact) mass is 714 g/mol. The summed E-state index contributed by atoms with van der Waals surface area (Å²) in [5, 5.41) is 6.29. The molecule has 11 rings (SSSR count). The van der Waals surface area contributed by atoms with E-state index >= 15 is 0 Å². The van der Waals surface area contributed by atoms with Crippen LogP contribution in [0.25, 0.3) is 88.7 Å². The average molecular weight is 715 g/mol. The zero-order valence-corrected chi connectivity index (χ0v) is 30.9. The van der Waals surface area contributed by atoms with Crippen LogP contribution in [0, 0.1) is 0 Å². The third-order valence-electron chi connectivity index (χ3n) is 11.6. The number of aromatic nitrogens is 1. The lowest BCUT2D eigenvalue weighted by molar-refractivity contribution is 1.05. The van der Waals surface area contributed by atoms with Gasteiger partial charge in [-0.3, -0.25) is 0 Å². The summed E-state index contributed by atoms with van der Waals surface area (Å²) in [6, 6.07) is 66.7. The van der Waals surface area contributed by atoms with E-state index in [4.69, 9.17) is 0 Å². The molecule has 1 aliphatic carbocycles. The van der Waals surface area contributed by atoms with Crippen molar-refractivity contribution in [1.29, 1.82) is 0 Å². The van der Waals surface area contributed by atoms with Crippen molar-refractivity contribution in [2.45, 2.75) is 12.8 Å². The molecule has 9 aromatic rings. The lowest BCUT2D eigenvalue weighted by atomic mass is 9.89. The molecule has 264 valence electrons. The fourth-order valence-corrected chi connectivity index (χ4v) is 8.93. The minimum absolute atomic E-state index is 1.06. The Kier molecular flexibility index (Phi) is 7.67. The van der Waals surface area contributed by atoms with Gasteiger partial charge >= 0.3 is 0 Å². The van der Waals surface area contributed by atoms with Crippen molar-refractivity contribution in [2.75, 3.05) is 5.32 Å². The molecule has 0 amide bonds. The van der Waals surface area contributed by atoms with Gasteiger partial charge in [0.05, 0.1) is 16.7 Å². The summed E-state index contributed by atoms with van der Waals surface area (Å²) in [6.07, 6.45) is 8.90. The van der Waals surface area contributed by atoms with Gasteiger partial charge < -0.3 is 9.88 Å². The van der Waals surface area contributed by atoms with E-state index < -0.39 is 0 Å². The second kappa shape index (κ2) is 13.3. The molecule has 1 aliphatic heterocycles. The highest BCUT2D eigenvalue weighted by atomic mass is 15.0. The molecule has 0 fully saturated rings. The van der Waals surface area contributed by atoms with Crippen LogP contribution < -0.4 is 5.32 Å². The number of nitrogens with one attached hydrogen (secondary N) is 1. The number of benzene rings is 8. The summed E-state index contributed by atoms with van der Waals surface area (Å²) >= 11 is 0. The molecule has 0 bridgehead atoms. The summed E-state index contributed by atoms with van der Waals surface area (Å²) in [7, 11) is 0. The Labute approximate surface area is 327 Å². The van der Waals surface area contributed by atoms with E-state index in [2.05, 4.69) is 210 Å². The maximum atomic E-state index is 3.76. The van der Waals surface area contributed by atoms with Gasteiger partial charge in [-0.15, -0.1) is 0 Å². The number of fused-ring (bicyclic) bond motifs is 8. The molecule has 1 N–H and O–H groups in total. The van der Waals surface area contributed by atoms with E-state index in [1.165, 1.54) is 88.7 Å². The van der Waals surface area contributed by atoms with Gasteiger partial charge in [0.2, 0.25) is 0 Å². The van der Waals surface area contributed by atoms with Crippen molar-refractivity contribution in [3.8, 4) is 61.3 Å². The summed E-state index contributed by atoms with van der Waals surface area (Å²) in [5.74, 6) is 0. The molecule has 8 aromatic carbocycles. The van der Waals surface area contributed by atoms with E-state index in [-0.39, 0.29) is 0 Å². The lowest BCUT2D eigenvalue weighted by Crippen LogP contribution is -1.97. The Morgan fingerprint density at radius 3 is 1.98 bits per heavy atom. The largest absolute Gasteiger partial charge is 0.355 e. The third kappa shape index (κ3) is 5.41. The molecule has 0 unspecified atom stereocenters. The third-order valence-corrected chi connectivity index (χ3v) is 11.6. The van der Waals surface area contributed by atoms with Gasteiger partial charge in [-0.05, 0) is 118 Å². The molecule has 0 spiro atoms. The zero-order valence-electron chi connectivity index (χ0n) is 30.9. The molecular formula is C54H38N2. The van der Waals surface area contributed by atoms with E-state index in [1.54, 1.807) is 0 Å². The fourth-order valence-electron chi connectivity index (χ4n) is 8.93. The first-order chi connectivity index (χ1) is 27.8. The summed E-state index contributed by atoms with van der Waals surface area (Å²) in [6.45, 7) is 0. The van der Waals surface area contributed by atoms with Gasteiger partial charge in [-0.25, -0.2) is 0 Å².